The first-order chi connectivity index (χ1) is 9.10. The molecule has 1 aromatic heterocycles. The Morgan fingerprint density at radius 1 is 1.37 bits per heavy atom. The smallest absolute Gasteiger partial charge is 0.274 e. The molecule has 2 rings (SSSR count). The number of carbonyl (C=O) groups is 1. The fraction of sp³-hybridized carbons (Fsp3) is 0.0769. The van der Waals surface area contributed by atoms with Crippen molar-refractivity contribution in [2.24, 2.45) is 0 Å². The molecule has 0 atom stereocenters. The van der Waals surface area contributed by atoms with E-state index in [1.807, 2.05) is 0 Å². The van der Waals surface area contributed by atoms with Gasteiger partial charge in [-0.15, -0.1) is 0 Å². The van der Waals surface area contributed by atoms with E-state index in [9.17, 15) is 4.79 Å². The molecule has 3 N–H and O–H groups in total. The third-order valence-corrected chi connectivity index (χ3v) is 3.07. The lowest BCUT2D eigenvalue weighted by Crippen LogP contribution is -2.14. The molecule has 19 heavy (non-hydrogen) atoms. The lowest BCUT2D eigenvalue weighted by atomic mass is 10.2. The molecule has 5 nitrogen and oxygen atoms in total. The topological polar surface area (TPSA) is 77.2 Å². The van der Waals surface area contributed by atoms with E-state index in [2.05, 4.69) is 26.2 Å². The van der Waals surface area contributed by atoms with Crippen LogP contribution in [0.4, 0.5) is 11.5 Å². The first kappa shape index (κ1) is 13.4. The van der Waals surface area contributed by atoms with Gasteiger partial charge in [0, 0.05) is 11.8 Å². The molecule has 98 valence electrons. The quantitative estimate of drug-likeness (QED) is 0.911. The number of rotatable bonds is 3. The van der Waals surface area contributed by atoms with Crippen LogP contribution in [0.15, 0.2) is 40.9 Å². The van der Waals surface area contributed by atoms with Crippen LogP contribution in [0.1, 0.15) is 10.5 Å². The zero-order valence-corrected chi connectivity index (χ0v) is 11.8. The van der Waals surface area contributed by atoms with Gasteiger partial charge in [0.2, 0.25) is 0 Å². The highest BCUT2D eigenvalue weighted by Crippen LogP contribution is 2.27. The minimum atomic E-state index is -0.323. The predicted octanol–water partition coefficient (Wildman–Crippen LogP) is 2.69. The molecule has 0 aliphatic carbocycles. The van der Waals surface area contributed by atoms with Gasteiger partial charge in [0.05, 0.1) is 11.6 Å². The molecule has 0 fully saturated rings. The fourth-order valence-electron chi connectivity index (χ4n) is 1.51. The second-order valence-electron chi connectivity index (χ2n) is 3.75. The number of carbonyl (C=O) groups excluding carboxylic acids is 1. The number of benzene rings is 1. The van der Waals surface area contributed by atoms with E-state index < -0.39 is 0 Å². The SMILES string of the molecule is COc1cc(NC(=O)c2cccc(N)n2)ccc1Br. The molecule has 0 saturated carbocycles. The van der Waals surface area contributed by atoms with E-state index in [0.29, 0.717) is 17.3 Å². The molecule has 0 saturated heterocycles. The summed E-state index contributed by atoms with van der Waals surface area (Å²) in [5.74, 6) is 0.621. The molecule has 6 heteroatoms. The van der Waals surface area contributed by atoms with E-state index in [0.717, 1.165) is 4.47 Å². The number of nitrogens with zero attached hydrogens (tertiary/aromatic N) is 1. The number of pyridine rings is 1. The molecule has 0 aliphatic heterocycles. The van der Waals surface area contributed by atoms with Crippen molar-refractivity contribution >= 4 is 33.3 Å². The van der Waals surface area contributed by atoms with Crippen LogP contribution < -0.4 is 15.8 Å². The van der Waals surface area contributed by atoms with Gasteiger partial charge in [-0.25, -0.2) is 4.98 Å². The summed E-state index contributed by atoms with van der Waals surface area (Å²) in [6.45, 7) is 0. The van der Waals surface area contributed by atoms with Crippen molar-refractivity contribution in [3.05, 3.63) is 46.6 Å². The van der Waals surface area contributed by atoms with Crippen LogP contribution in [0.25, 0.3) is 0 Å². The number of anilines is 2. The molecule has 0 spiro atoms. The first-order valence-corrected chi connectivity index (χ1v) is 6.27. The molecule has 1 aromatic carbocycles. The van der Waals surface area contributed by atoms with Crippen LogP contribution in [-0.4, -0.2) is 18.0 Å². The Morgan fingerprint density at radius 2 is 2.16 bits per heavy atom. The Kier molecular flexibility index (Phi) is 4.01. The normalized spacial score (nSPS) is 10.0. The van der Waals surface area contributed by atoms with E-state index in [-0.39, 0.29) is 11.6 Å². The molecular formula is C13H12BrN3O2. The molecule has 0 aliphatic rings. The summed E-state index contributed by atoms with van der Waals surface area (Å²) in [4.78, 5) is 15.9. The largest absolute Gasteiger partial charge is 0.495 e. The van der Waals surface area contributed by atoms with E-state index in [4.69, 9.17) is 10.5 Å². The van der Waals surface area contributed by atoms with Gasteiger partial charge >= 0.3 is 0 Å². The van der Waals surface area contributed by atoms with Gasteiger partial charge in [0.1, 0.15) is 17.3 Å². The van der Waals surface area contributed by atoms with Crippen molar-refractivity contribution < 1.29 is 9.53 Å². The second-order valence-corrected chi connectivity index (χ2v) is 4.61. The summed E-state index contributed by atoms with van der Waals surface area (Å²) in [5.41, 5.74) is 6.42. The average molecular weight is 322 g/mol. The summed E-state index contributed by atoms with van der Waals surface area (Å²) in [6.07, 6.45) is 0. The van der Waals surface area contributed by atoms with Crippen LogP contribution in [0.5, 0.6) is 5.75 Å². The molecule has 1 amide bonds. The number of nitrogens with one attached hydrogen (secondary N) is 1. The number of amides is 1. The summed E-state index contributed by atoms with van der Waals surface area (Å²) in [6, 6.07) is 10.2. The summed E-state index contributed by atoms with van der Waals surface area (Å²) in [7, 11) is 1.56. The standard InChI is InChI=1S/C13H12BrN3O2/c1-19-11-7-8(5-6-9(11)14)16-13(18)10-3-2-4-12(15)17-10/h2-7H,1H3,(H2,15,17)(H,16,18). The Bertz CT molecular complexity index is 617. The molecule has 2 aromatic rings. The number of hydrogen-bond donors (Lipinski definition) is 2. The molecule has 0 unspecified atom stereocenters. The van der Waals surface area contributed by atoms with Crippen molar-refractivity contribution in [3.63, 3.8) is 0 Å². The molecule has 0 bridgehead atoms. The monoisotopic (exact) mass is 321 g/mol. The highest BCUT2D eigenvalue weighted by Gasteiger charge is 2.09. The summed E-state index contributed by atoms with van der Waals surface area (Å²) in [5, 5.41) is 2.73. The number of methoxy groups -OCH3 is 1. The van der Waals surface area contributed by atoms with Gasteiger partial charge in [0.15, 0.2) is 0 Å². The van der Waals surface area contributed by atoms with E-state index in [1.54, 1.807) is 43.5 Å². The number of ether oxygens (including phenoxy) is 1. The van der Waals surface area contributed by atoms with Gasteiger partial charge in [-0.2, -0.15) is 0 Å². The van der Waals surface area contributed by atoms with Crippen LogP contribution >= 0.6 is 15.9 Å². The number of nitrogens with two attached hydrogens (primary N) is 1. The first-order valence-electron chi connectivity index (χ1n) is 5.47. The van der Waals surface area contributed by atoms with Crippen LogP contribution in [-0.2, 0) is 0 Å². The summed E-state index contributed by atoms with van der Waals surface area (Å²) >= 11 is 3.34. The lowest BCUT2D eigenvalue weighted by molar-refractivity contribution is 0.102. The highest BCUT2D eigenvalue weighted by atomic mass is 79.9. The zero-order valence-electron chi connectivity index (χ0n) is 10.2. The van der Waals surface area contributed by atoms with E-state index in [1.165, 1.54) is 0 Å². The average Bonchev–Trinajstić information content (AvgIpc) is 2.41. The van der Waals surface area contributed by atoms with Crippen molar-refractivity contribution in [2.75, 3.05) is 18.2 Å². The lowest BCUT2D eigenvalue weighted by Gasteiger charge is -2.08. The Morgan fingerprint density at radius 3 is 2.84 bits per heavy atom. The predicted molar refractivity (Wildman–Crippen MR) is 77.3 cm³/mol. The third-order valence-electron chi connectivity index (χ3n) is 2.41. The zero-order chi connectivity index (χ0) is 13.8. The Labute approximate surface area is 118 Å². The Hall–Kier alpha value is -2.08. The molecule has 1 heterocycles. The number of halogens is 1. The number of nitrogen functional groups attached to an aromatic ring is 1. The van der Waals surface area contributed by atoms with Crippen molar-refractivity contribution in [1.82, 2.24) is 4.98 Å². The highest BCUT2D eigenvalue weighted by molar-refractivity contribution is 9.10. The Balaban J connectivity index is 2.19. The van der Waals surface area contributed by atoms with Gasteiger partial charge < -0.3 is 15.8 Å². The maximum absolute atomic E-state index is 12.0. The van der Waals surface area contributed by atoms with Crippen LogP contribution in [0.2, 0.25) is 0 Å². The van der Waals surface area contributed by atoms with E-state index >= 15 is 0 Å². The van der Waals surface area contributed by atoms with Crippen molar-refractivity contribution in [3.8, 4) is 5.75 Å². The maximum atomic E-state index is 12.0. The molecule has 0 radical (unpaired) electrons. The fourth-order valence-corrected chi connectivity index (χ4v) is 1.92. The van der Waals surface area contributed by atoms with Crippen LogP contribution in [0, 0.1) is 0 Å². The number of hydrogen-bond acceptors (Lipinski definition) is 4. The van der Waals surface area contributed by atoms with Gasteiger partial charge in [-0.1, -0.05) is 6.07 Å². The minimum absolute atomic E-state index is 0.266. The second kappa shape index (κ2) is 5.71. The summed E-state index contributed by atoms with van der Waals surface area (Å²) < 4.78 is 5.97. The van der Waals surface area contributed by atoms with Crippen molar-refractivity contribution in [2.45, 2.75) is 0 Å². The van der Waals surface area contributed by atoms with Crippen molar-refractivity contribution in [1.29, 1.82) is 0 Å². The van der Waals surface area contributed by atoms with Gasteiger partial charge in [-0.05, 0) is 40.2 Å². The maximum Gasteiger partial charge on any atom is 0.274 e. The molecular weight excluding hydrogens is 310 g/mol. The van der Waals surface area contributed by atoms with Gasteiger partial charge in [-0.3, -0.25) is 4.79 Å². The van der Waals surface area contributed by atoms with Gasteiger partial charge in [0.25, 0.3) is 5.91 Å². The van der Waals surface area contributed by atoms with Crippen LogP contribution in [0.3, 0.4) is 0 Å². The third kappa shape index (κ3) is 3.23. The number of aromatic nitrogens is 1. The minimum Gasteiger partial charge on any atom is -0.495 e.